The highest BCUT2D eigenvalue weighted by Crippen LogP contribution is 2.22. The van der Waals surface area contributed by atoms with Gasteiger partial charge in [-0.3, -0.25) is 9.78 Å². The van der Waals surface area contributed by atoms with Gasteiger partial charge in [-0.25, -0.2) is 0 Å². The number of nitrogens with zero attached hydrogens (tertiary/aromatic N) is 2. The van der Waals surface area contributed by atoms with Crippen molar-refractivity contribution in [2.24, 2.45) is 0 Å². The molecule has 26 heavy (non-hydrogen) atoms. The molecule has 7 heteroatoms. The normalized spacial score (nSPS) is 9.65. The van der Waals surface area contributed by atoms with Gasteiger partial charge in [-0.2, -0.15) is 0 Å². The molecule has 1 aromatic carbocycles. The average Bonchev–Trinajstić information content (AvgIpc) is 2.61. The lowest BCUT2D eigenvalue weighted by atomic mass is 10.1. The van der Waals surface area contributed by atoms with Crippen LogP contribution in [0.25, 0.3) is 11.1 Å². The van der Waals surface area contributed by atoms with Crippen LogP contribution in [0.3, 0.4) is 0 Å². The van der Waals surface area contributed by atoms with Crippen molar-refractivity contribution in [3.8, 4) is 11.1 Å². The van der Waals surface area contributed by atoms with Gasteiger partial charge < -0.3 is 15.5 Å². The third-order valence-electron chi connectivity index (χ3n) is 3.73. The highest BCUT2D eigenvalue weighted by atomic mass is 35.5. The molecule has 1 aromatic heterocycles. The van der Waals surface area contributed by atoms with Crippen LogP contribution in [0, 0.1) is 0 Å². The summed E-state index contributed by atoms with van der Waals surface area (Å²) in [5, 5.41) is 6.17. The number of hydrogen-bond acceptors (Lipinski definition) is 4. The lowest BCUT2D eigenvalue weighted by Gasteiger charge is -2.13. The maximum Gasteiger partial charge on any atom is 0.252 e. The molecule has 0 unspecified atom stereocenters. The predicted octanol–water partition coefficient (Wildman–Crippen LogP) is 3.39. The van der Waals surface area contributed by atoms with Gasteiger partial charge in [0.25, 0.3) is 5.91 Å². The second-order valence-corrected chi connectivity index (χ2v) is 5.91. The fourth-order valence-electron chi connectivity index (χ4n) is 2.34. The van der Waals surface area contributed by atoms with Gasteiger partial charge in [-0.15, -0.1) is 24.8 Å². The van der Waals surface area contributed by atoms with Crippen LogP contribution < -0.4 is 15.5 Å². The van der Waals surface area contributed by atoms with Gasteiger partial charge in [-0.05, 0) is 36.7 Å². The summed E-state index contributed by atoms with van der Waals surface area (Å²) in [7, 11) is 4.02. The van der Waals surface area contributed by atoms with Gasteiger partial charge in [0.2, 0.25) is 0 Å². The molecule has 2 aromatic rings. The Labute approximate surface area is 168 Å². The average molecular weight is 399 g/mol. The van der Waals surface area contributed by atoms with Crippen molar-refractivity contribution in [1.29, 1.82) is 0 Å². The molecule has 0 radical (unpaired) electrons. The zero-order valence-corrected chi connectivity index (χ0v) is 17.1. The Hall–Kier alpha value is -1.82. The number of hydrogen-bond donors (Lipinski definition) is 2. The Bertz CT molecular complexity index is 663. The summed E-state index contributed by atoms with van der Waals surface area (Å²) in [6.45, 7) is 4.48. The van der Waals surface area contributed by atoms with Gasteiger partial charge in [-0.1, -0.05) is 19.1 Å². The van der Waals surface area contributed by atoms with Crippen molar-refractivity contribution in [3.63, 3.8) is 0 Å². The zero-order chi connectivity index (χ0) is 17.4. The maximum absolute atomic E-state index is 12.2. The molecule has 0 saturated carbocycles. The molecule has 2 rings (SSSR count). The number of carbonyl (C=O) groups excluding carboxylic acids is 1. The van der Waals surface area contributed by atoms with Gasteiger partial charge >= 0.3 is 0 Å². The van der Waals surface area contributed by atoms with Crippen molar-refractivity contribution >= 4 is 36.4 Å². The fraction of sp³-hybridized carbons (Fsp3) is 0.368. The van der Waals surface area contributed by atoms with Crippen molar-refractivity contribution < 1.29 is 4.79 Å². The SMILES string of the molecule is CCCNCCNC(=O)c1cncc(-c2ccc(N(C)C)cc2)c1.Cl.Cl. The third-order valence-corrected chi connectivity index (χ3v) is 3.73. The molecule has 1 amide bonds. The molecule has 5 nitrogen and oxygen atoms in total. The molecule has 2 N–H and O–H groups in total. The van der Waals surface area contributed by atoms with Crippen LogP contribution in [0.4, 0.5) is 5.69 Å². The minimum absolute atomic E-state index is 0. The number of halogens is 2. The number of anilines is 1. The minimum Gasteiger partial charge on any atom is -0.378 e. The van der Waals surface area contributed by atoms with E-state index in [9.17, 15) is 4.79 Å². The van der Waals surface area contributed by atoms with E-state index in [-0.39, 0.29) is 30.7 Å². The highest BCUT2D eigenvalue weighted by Gasteiger charge is 2.07. The quantitative estimate of drug-likeness (QED) is 0.669. The Morgan fingerprint density at radius 2 is 1.69 bits per heavy atom. The van der Waals surface area contributed by atoms with E-state index >= 15 is 0 Å². The van der Waals surface area contributed by atoms with Crippen LogP contribution in [-0.2, 0) is 0 Å². The molecule has 0 bridgehead atoms. The van der Waals surface area contributed by atoms with Gasteiger partial charge in [0.1, 0.15) is 0 Å². The molecule has 0 aliphatic heterocycles. The first-order valence-electron chi connectivity index (χ1n) is 8.33. The Morgan fingerprint density at radius 1 is 1.00 bits per heavy atom. The van der Waals surface area contributed by atoms with Crippen LogP contribution >= 0.6 is 24.8 Å². The first-order valence-corrected chi connectivity index (χ1v) is 8.33. The van der Waals surface area contributed by atoms with Crippen LogP contribution in [0.5, 0.6) is 0 Å². The molecule has 0 atom stereocenters. The standard InChI is InChI=1S/C19H26N4O.2ClH/c1-4-9-20-10-11-22-19(24)17-12-16(13-21-14-17)15-5-7-18(8-6-15)23(2)3;;/h5-8,12-14,20H,4,9-11H2,1-3H3,(H,22,24);2*1H. The van der Waals surface area contributed by atoms with E-state index in [0.717, 1.165) is 36.3 Å². The van der Waals surface area contributed by atoms with E-state index in [2.05, 4.69) is 39.6 Å². The smallest absolute Gasteiger partial charge is 0.252 e. The lowest BCUT2D eigenvalue weighted by Crippen LogP contribution is -2.32. The van der Waals surface area contributed by atoms with Crippen LogP contribution in [0.2, 0.25) is 0 Å². The number of nitrogens with one attached hydrogen (secondary N) is 2. The Kier molecular flexibility index (Phi) is 11.6. The summed E-state index contributed by atoms with van der Waals surface area (Å²) in [6, 6.07) is 10.1. The third kappa shape index (κ3) is 7.20. The number of aromatic nitrogens is 1. The molecular weight excluding hydrogens is 371 g/mol. The molecule has 0 spiro atoms. The highest BCUT2D eigenvalue weighted by molar-refractivity contribution is 5.95. The molecule has 0 aliphatic carbocycles. The summed E-state index contributed by atoms with van der Waals surface area (Å²) in [5.41, 5.74) is 3.71. The molecule has 0 aliphatic rings. The van der Waals surface area contributed by atoms with Crippen LogP contribution in [0.15, 0.2) is 42.7 Å². The summed E-state index contributed by atoms with van der Waals surface area (Å²) in [6.07, 6.45) is 4.48. The maximum atomic E-state index is 12.2. The fourth-order valence-corrected chi connectivity index (χ4v) is 2.34. The van der Waals surface area contributed by atoms with Gasteiger partial charge in [0, 0.05) is 50.8 Å². The van der Waals surface area contributed by atoms with Crippen molar-refractivity contribution in [1.82, 2.24) is 15.6 Å². The lowest BCUT2D eigenvalue weighted by molar-refractivity contribution is 0.0953. The van der Waals surface area contributed by atoms with Crippen LogP contribution in [-0.4, -0.2) is 44.6 Å². The largest absolute Gasteiger partial charge is 0.378 e. The topological polar surface area (TPSA) is 57.3 Å². The first-order chi connectivity index (χ1) is 11.6. The monoisotopic (exact) mass is 398 g/mol. The van der Waals surface area contributed by atoms with E-state index in [0.29, 0.717) is 12.1 Å². The van der Waals surface area contributed by atoms with E-state index in [1.807, 2.05) is 32.3 Å². The second kappa shape index (κ2) is 12.5. The first kappa shape index (κ1) is 24.2. The summed E-state index contributed by atoms with van der Waals surface area (Å²) >= 11 is 0. The predicted molar refractivity (Wildman–Crippen MR) is 114 cm³/mol. The molecule has 144 valence electrons. The number of benzene rings is 1. The van der Waals surface area contributed by atoms with E-state index in [1.54, 1.807) is 12.4 Å². The van der Waals surface area contributed by atoms with Gasteiger partial charge in [0.05, 0.1) is 5.56 Å². The van der Waals surface area contributed by atoms with Crippen LogP contribution in [0.1, 0.15) is 23.7 Å². The molecule has 1 heterocycles. The van der Waals surface area contributed by atoms with Crippen molar-refractivity contribution in [2.75, 3.05) is 38.6 Å². The summed E-state index contributed by atoms with van der Waals surface area (Å²) in [4.78, 5) is 18.5. The van der Waals surface area contributed by atoms with E-state index < -0.39 is 0 Å². The van der Waals surface area contributed by atoms with E-state index in [1.165, 1.54) is 0 Å². The second-order valence-electron chi connectivity index (χ2n) is 5.91. The van der Waals surface area contributed by atoms with E-state index in [4.69, 9.17) is 0 Å². The minimum atomic E-state index is -0.0902. The molecular formula is C19H28Cl2N4O. The zero-order valence-electron chi connectivity index (χ0n) is 15.5. The number of pyridine rings is 1. The molecule has 0 fully saturated rings. The Morgan fingerprint density at radius 3 is 2.31 bits per heavy atom. The molecule has 0 saturated heterocycles. The Balaban J connectivity index is 0.00000312. The summed E-state index contributed by atoms with van der Waals surface area (Å²) in [5.74, 6) is -0.0902. The van der Waals surface area contributed by atoms with Crippen molar-refractivity contribution in [2.45, 2.75) is 13.3 Å². The van der Waals surface area contributed by atoms with Gasteiger partial charge in [0.15, 0.2) is 0 Å². The number of carbonyl (C=O) groups is 1. The summed E-state index contributed by atoms with van der Waals surface area (Å²) < 4.78 is 0. The van der Waals surface area contributed by atoms with Crippen molar-refractivity contribution in [3.05, 3.63) is 48.3 Å². The number of amides is 1. The number of rotatable bonds is 8.